The highest BCUT2D eigenvalue weighted by molar-refractivity contribution is 7.14. The number of nitrogens with one attached hydrogen (secondary N) is 1. The second-order valence-corrected chi connectivity index (χ2v) is 6.06. The average molecular weight is 331 g/mol. The van der Waals surface area contributed by atoms with Crippen molar-refractivity contribution in [2.75, 3.05) is 23.9 Å². The number of methoxy groups -OCH3 is 1. The van der Waals surface area contributed by atoms with E-state index in [1.807, 2.05) is 5.38 Å². The Balaban J connectivity index is 1.59. The number of ether oxygens (including phenoxy) is 1. The van der Waals surface area contributed by atoms with Crippen LogP contribution >= 0.6 is 11.3 Å². The number of hydrogen-bond donors (Lipinski definition) is 1. The molecule has 23 heavy (non-hydrogen) atoms. The third-order valence-electron chi connectivity index (χ3n) is 3.56. The molecule has 6 nitrogen and oxygen atoms in total. The van der Waals surface area contributed by atoms with Crippen LogP contribution in [-0.2, 0) is 16.0 Å². The lowest BCUT2D eigenvalue weighted by atomic mass is 10.2. The van der Waals surface area contributed by atoms with Gasteiger partial charge in [0.2, 0.25) is 11.8 Å². The van der Waals surface area contributed by atoms with E-state index in [2.05, 4.69) is 10.3 Å². The molecule has 0 bridgehead atoms. The molecule has 0 spiro atoms. The summed E-state index contributed by atoms with van der Waals surface area (Å²) >= 11 is 1.40. The van der Waals surface area contributed by atoms with Gasteiger partial charge in [-0.2, -0.15) is 0 Å². The van der Waals surface area contributed by atoms with Crippen molar-refractivity contribution in [3.63, 3.8) is 0 Å². The van der Waals surface area contributed by atoms with Gasteiger partial charge in [0.1, 0.15) is 5.75 Å². The van der Waals surface area contributed by atoms with Crippen LogP contribution in [0, 0.1) is 0 Å². The zero-order chi connectivity index (χ0) is 16.2. The van der Waals surface area contributed by atoms with E-state index in [4.69, 9.17) is 4.74 Å². The molecule has 2 amide bonds. The van der Waals surface area contributed by atoms with E-state index in [9.17, 15) is 9.59 Å². The Labute approximate surface area is 138 Å². The molecule has 1 aromatic heterocycles. The van der Waals surface area contributed by atoms with Crippen LogP contribution in [0.15, 0.2) is 29.6 Å². The van der Waals surface area contributed by atoms with Crippen LogP contribution in [-0.4, -0.2) is 30.5 Å². The number of aromatic nitrogens is 1. The van der Waals surface area contributed by atoms with Gasteiger partial charge in [0, 0.05) is 24.0 Å². The van der Waals surface area contributed by atoms with Crippen molar-refractivity contribution >= 4 is 34.0 Å². The molecule has 0 aliphatic carbocycles. The molecule has 1 N–H and O–H groups in total. The van der Waals surface area contributed by atoms with Crippen LogP contribution in [0.1, 0.15) is 18.5 Å². The molecule has 3 rings (SSSR count). The van der Waals surface area contributed by atoms with Gasteiger partial charge in [-0.25, -0.2) is 4.98 Å². The summed E-state index contributed by atoms with van der Waals surface area (Å²) in [5, 5.41) is 5.33. The van der Waals surface area contributed by atoms with Crippen LogP contribution in [0.5, 0.6) is 5.75 Å². The highest BCUT2D eigenvalue weighted by Gasteiger charge is 2.24. The smallest absolute Gasteiger partial charge is 0.230 e. The summed E-state index contributed by atoms with van der Waals surface area (Å²) < 4.78 is 5.08. The fourth-order valence-electron chi connectivity index (χ4n) is 2.40. The van der Waals surface area contributed by atoms with E-state index in [0.717, 1.165) is 12.2 Å². The number of nitrogens with zero attached hydrogens (tertiary/aromatic N) is 2. The molecule has 1 aromatic carbocycles. The topological polar surface area (TPSA) is 71.5 Å². The normalized spacial score (nSPS) is 14.1. The molecule has 1 aliphatic rings. The first-order valence-electron chi connectivity index (χ1n) is 7.34. The maximum Gasteiger partial charge on any atom is 0.230 e. The lowest BCUT2D eigenvalue weighted by molar-refractivity contribution is -0.117. The van der Waals surface area contributed by atoms with Crippen molar-refractivity contribution < 1.29 is 14.3 Å². The fraction of sp³-hybridized carbons (Fsp3) is 0.312. The van der Waals surface area contributed by atoms with E-state index in [-0.39, 0.29) is 18.2 Å². The number of carbonyl (C=O) groups excluding carboxylic acids is 2. The molecule has 7 heteroatoms. The maximum atomic E-state index is 12.1. The molecule has 0 atom stereocenters. The van der Waals surface area contributed by atoms with Crippen molar-refractivity contribution in [3.05, 3.63) is 35.3 Å². The first-order valence-corrected chi connectivity index (χ1v) is 8.22. The number of amides is 2. The summed E-state index contributed by atoms with van der Waals surface area (Å²) in [6, 6.07) is 7.14. The number of hydrogen-bond acceptors (Lipinski definition) is 5. The molecule has 0 saturated carbocycles. The third-order valence-corrected chi connectivity index (χ3v) is 4.47. The van der Waals surface area contributed by atoms with Crippen LogP contribution < -0.4 is 15.0 Å². The Bertz CT molecular complexity index is 712. The molecule has 0 unspecified atom stereocenters. The van der Waals surface area contributed by atoms with Gasteiger partial charge in [-0.15, -0.1) is 11.3 Å². The Hall–Kier alpha value is -2.41. The number of anilines is 2. The summed E-state index contributed by atoms with van der Waals surface area (Å²) in [4.78, 5) is 29.9. The molecular formula is C16H17N3O3S. The third kappa shape index (κ3) is 3.68. The zero-order valence-corrected chi connectivity index (χ0v) is 13.6. The van der Waals surface area contributed by atoms with E-state index < -0.39 is 0 Å². The fourth-order valence-corrected chi connectivity index (χ4v) is 3.26. The highest BCUT2D eigenvalue weighted by atomic mass is 32.1. The Morgan fingerprint density at radius 2 is 2.17 bits per heavy atom. The minimum absolute atomic E-state index is 0.105. The van der Waals surface area contributed by atoms with Crippen LogP contribution in [0.2, 0.25) is 0 Å². The Kier molecular flexibility index (Phi) is 4.57. The minimum Gasteiger partial charge on any atom is -0.497 e. The standard InChI is InChI=1S/C16H17N3O3S/c1-22-13-6-4-11(5-7-13)17-14(20)9-12-10-23-16(18-12)19-8-2-3-15(19)21/h4-7,10H,2-3,8-9H2,1H3,(H,17,20). The lowest BCUT2D eigenvalue weighted by Crippen LogP contribution is -2.23. The van der Waals surface area contributed by atoms with Gasteiger partial charge in [0.05, 0.1) is 19.2 Å². The monoisotopic (exact) mass is 331 g/mol. The van der Waals surface area contributed by atoms with Crippen molar-refractivity contribution in [3.8, 4) is 5.75 Å². The molecule has 1 aliphatic heterocycles. The van der Waals surface area contributed by atoms with E-state index in [1.54, 1.807) is 36.3 Å². The molecule has 2 aromatic rings. The number of carbonyl (C=O) groups is 2. The van der Waals surface area contributed by atoms with Gasteiger partial charge in [0.25, 0.3) is 0 Å². The second-order valence-electron chi connectivity index (χ2n) is 5.22. The van der Waals surface area contributed by atoms with Gasteiger partial charge >= 0.3 is 0 Å². The van der Waals surface area contributed by atoms with E-state index in [1.165, 1.54) is 11.3 Å². The van der Waals surface area contributed by atoms with Crippen molar-refractivity contribution in [2.45, 2.75) is 19.3 Å². The SMILES string of the molecule is COc1ccc(NC(=O)Cc2csc(N3CCCC3=O)n2)cc1. The molecular weight excluding hydrogens is 314 g/mol. The summed E-state index contributed by atoms with van der Waals surface area (Å²) in [5.41, 5.74) is 1.39. The number of rotatable bonds is 5. The predicted molar refractivity (Wildman–Crippen MR) is 89.0 cm³/mol. The summed E-state index contributed by atoms with van der Waals surface area (Å²) in [7, 11) is 1.60. The van der Waals surface area contributed by atoms with Gasteiger partial charge in [-0.1, -0.05) is 0 Å². The maximum absolute atomic E-state index is 12.1. The average Bonchev–Trinajstić information content (AvgIpc) is 3.16. The van der Waals surface area contributed by atoms with E-state index >= 15 is 0 Å². The largest absolute Gasteiger partial charge is 0.497 e. The predicted octanol–water partition coefficient (Wildman–Crippen LogP) is 2.46. The van der Waals surface area contributed by atoms with Crippen LogP contribution in [0.25, 0.3) is 0 Å². The van der Waals surface area contributed by atoms with Gasteiger partial charge in [0.15, 0.2) is 5.13 Å². The second kappa shape index (κ2) is 6.78. The highest BCUT2D eigenvalue weighted by Crippen LogP contribution is 2.25. The van der Waals surface area contributed by atoms with Crippen molar-refractivity contribution in [1.82, 2.24) is 4.98 Å². The lowest BCUT2D eigenvalue weighted by Gasteiger charge is -2.10. The quantitative estimate of drug-likeness (QED) is 0.913. The Morgan fingerprint density at radius 1 is 1.39 bits per heavy atom. The molecule has 1 fully saturated rings. The van der Waals surface area contributed by atoms with Crippen molar-refractivity contribution in [2.24, 2.45) is 0 Å². The number of thiazole rings is 1. The summed E-state index contributed by atoms with van der Waals surface area (Å²) in [6.45, 7) is 0.712. The Morgan fingerprint density at radius 3 is 2.83 bits per heavy atom. The van der Waals surface area contributed by atoms with Gasteiger partial charge < -0.3 is 10.1 Å². The van der Waals surface area contributed by atoms with Crippen LogP contribution in [0.3, 0.4) is 0 Å². The van der Waals surface area contributed by atoms with Crippen molar-refractivity contribution in [1.29, 1.82) is 0 Å². The molecule has 120 valence electrons. The summed E-state index contributed by atoms with van der Waals surface area (Å²) in [6.07, 6.45) is 1.63. The molecule has 0 radical (unpaired) electrons. The van der Waals surface area contributed by atoms with E-state index in [0.29, 0.717) is 29.5 Å². The molecule has 1 saturated heterocycles. The zero-order valence-electron chi connectivity index (χ0n) is 12.7. The first kappa shape index (κ1) is 15.5. The minimum atomic E-state index is -0.139. The first-order chi connectivity index (χ1) is 11.2. The van der Waals surface area contributed by atoms with Crippen LogP contribution in [0.4, 0.5) is 10.8 Å². The van der Waals surface area contributed by atoms with Gasteiger partial charge in [-0.3, -0.25) is 14.5 Å². The molecule has 2 heterocycles. The number of benzene rings is 1. The van der Waals surface area contributed by atoms with Gasteiger partial charge in [-0.05, 0) is 30.7 Å². The summed E-state index contributed by atoms with van der Waals surface area (Å²) in [5.74, 6) is 0.704.